The van der Waals surface area contributed by atoms with E-state index in [0.29, 0.717) is 11.8 Å². The fraction of sp³-hybridized carbons (Fsp3) is 0.857. The number of likely N-dealkylation sites (tertiary alicyclic amines) is 1. The first-order valence-electron chi connectivity index (χ1n) is 7.73. The Kier molecular flexibility index (Phi) is 6.82. The van der Waals surface area contributed by atoms with Crippen molar-refractivity contribution in [2.24, 2.45) is 5.92 Å². The Morgan fingerprint density at radius 1 is 1.43 bits per heavy atom. The monoisotopic (exact) mass is 314 g/mol. The number of nitrogens with one attached hydrogen (secondary N) is 1. The molecular formula is C14H26N4O2S. The summed E-state index contributed by atoms with van der Waals surface area (Å²) in [4.78, 5) is 2.35. The van der Waals surface area contributed by atoms with E-state index < -0.39 is 0 Å². The number of ether oxygens (including phenoxy) is 1. The number of hydrogen-bond acceptors (Lipinski definition) is 7. The molecule has 2 N–H and O–H groups in total. The maximum Gasteiger partial charge on any atom is 0.294 e. The van der Waals surface area contributed by atoms with E-state index in [1.807, 2.05) is 13.8 Å². The van der Waals surface area contributed by atoms with E-state index in [4.69, 9.17) is 4.74 Å². The number of β-amino-alcohol motifs (C(OH)–C–C–N with tert-alkyl or cyclic N) is 1. The number of aliphatic hydroxyl groups is 1. The van der Waals surface area contributed by atoms with Gasteiger partial charge in [-0.25, -0.2) is 0 Å². The second-order valence-corrected chi connectivity index (χ2v) is 6.64. The van der Waals surface area contributed by atoms with Crippen molar-refractivity contribution in [2.45, 2.75) is 39.3 Å². The molecule has 0 spiro atoms. The second kappa shape index (κ2) is 8.63. The van der Waals surface area contributed by atoms with Crippen LogP contribution in [0.2, 0.25) is 0 Å². The molecule has 6 nitrogen and oxygen atoms in total. The molecule has 1 aromatic heterocycles. The molecule has 21 heavy (non-hydrogen) atoms. The number of rotatable bonds is 8. The van der Waals surface area contributed by atoms with E-state index in [-0.39, 0.29) is 6.10 Å². The predicted molar refractivity (Wildman–Crippen MR) is 83.6 cm³/mol. The Balaban J connectivity index is 1.61. The van der Waals surface area contributed by atoms with Crippen LogP contribution in [0.25, 0.3) is 0 Å². The van der Waals surface area contributed by atoms with Gasteiger partial charge < -0.3 is 20.1 Å². The van der Waals surface area contributed by atoms with Crippen molar-refractivity contribution in [1.82, 2.24) is 20.4 Å². The minimum atomic E-state index is -0.225. The van der Waals surface area contributed by atoms with Crippen LogP contribution in [0.1, 0.15) is 31.7 Å². The molecule has 120 valence electrons. The van der Waals surface area contributed by atoms with Crippen molar-refractivity contribution in [2.75, 3.05) is 32.8 Å². The highest BCUT2D eigenvalue weighted by Crippen LogP contribution is 2.19. The van der Waals surface area contributed by atoms with E-state index in [0.717, 1.165) is 43.6 Å². The van der Waals surface area contributed by atoms with Crippen molar-refractivity contribution in [3.8, 4) is 5.19 Å². The number of piperidine rings is 1. The summed E-state index contributed by atoms with van der Waals surface area (Å²) < 4.78 is 5.32. The first-order valence-corrected chi connectivity index (χ1v) is 8.55. The molecule has 0 radical (unpaired) electrons. The number of hydrogen-bond donors (Lipinski definition) is 2. The first kappa shape index (κ1) is 16.6. The maximum absolute atomic E-state index is 9.40. The fourth-order valence-corrected chi connectivity index (χ4v) is 3.34. The highest BCUT2D eigenvalue weighted by atomic mass is 32.1. The third-order valence-corrected chi connectivity index (χ3v) is 4.49. The summed E-state index contributed by atoms with van der Waals surface area (Å²) in [5.41, 5.74) is 0. The minimum Gasteiger partial charge on any atom is -0.469 e. The Morgan fingerprint density at radius 3 is 2.86 bits per heavy atom. The van der Waals surface area contributed by atoms with Crippen molar-refractivity contribution < 1.29 is 9.84 Å². The fourth-order valence-electron chi connectivity index (χ4n) is 2.62. The van der Waals surface area contributed by atoms with Gasteiger partial charge >= 0.3 is 0 Å². The molecule has 1 aliphatic heterocycles. The summed E-state index contributed by atoms with van der Waals surface area (Å²) in [5.74, 6) is 0.717. The van der Waals surface area contributed by atoms with Crippen molar-refractivity contribution >= 4 is 11.3 Å². The van der Waals surface area contributed by atoms with E-state index >= 15 is 0 Å². The van der Waals surface area contributed by atoms with Gasteiger partial charge in [-0.2, -0.15) is 0 Å². The smallest absolute Gasteiger partial charge is 0.294 e. The summed E-state index contributed by atoms with van der Waals surface area (Å²) in [6, 6.07) is 0. The molecule has 0 unspecified atom stereocenters. The summed E-state index contributed by atoms with van der Waals surface area (Å²) in [5, 5.41) is 22.6. The van der Waals surface area contributed by atoms with Gasteiger partial charge in [-0.05, 0) is 52.2 Å². The lowest BCUT2D eigenvalue weighted by Crippen LogP contribution is -2.40. The summed E-state index contributed by atoms with van der Waals surface area (Å²) in [6.45, 7) is 9.19. The van der Waals surface area contributed by atoms with Crippen LogP contribution in [0.4, 0.5) is 0 Å². The van der Waals surface area contributed by atoms with Crippen LogP contribution >= 0.6 is 11.3 Å². The molecule has 1 atom stereocenters. The van der Waals surface area contributed by atoms with Crippen LogP contribution in [0, 0.1) is 5.92 Å². The Morgan fingerprint density at radius 2 is 2.19 bits per heavy atom. The quantitative estimate of drug-likeness (QED) is 0.749. The molecule has 0 saturated carbocycles. The molecule has 0 amide bonds. The largest absolute Gasteiger partial charge is 0.469 e. The predicted octanol–water partition coefficient (Wildman–Crippen LogP) is 1.12. The van der Waals surface area contributed by atoms with Gasteiger partial charge in [0.2, 0.25) is 0 Å². The number of aromatic nitrogens is 2. The standard InChI is InChI=1S/C14H26N4O2S/c1-3-20-14-17-16-13(21-14)9-15-8-12-4-6-18(7-5-12)10-11(2)19/h11-12,15,19H,3-10H2,1-2H3/t11-/m1/s1. The van der Waals surface area contributed by atoms with Crippen LogP contribution < -0.4 is 10.1 Å². The summed E-state index contributed by atoms with van der Waals surface area (Å²) >= 11 is 1.51. The van der Waals surface area contributed by atoms with Gasteiger partial charge in [0.1, 0.15) is 5.01 Å². The van der Waals surface area contributed by atoms with E-state index in [1.165, 1.54) is 24.2 Å². The van der Waals surface area contributed by atoms with Crippen LogP contribution in [0.5, 0.6) is 5.19 Å². The van der Waals surface area contributed by atoms with Gasteiger partial charge in [0.15, 0.2) is 0 Å². The van der Waals surface area contributed by atoms with E-state index in [9.17, 15) is 5.11 Å². The molecule has 0 aliphatic carbocycles. The zero-order chi connectivity index (χ0) is 15.1. The molecule has 1 fully saturated rings. The third kappa shape index (κ3) is 5.86. The summed E-state index contributed by atoms with van der Waals surface area (Å²) in [7, 11) is 0. The van der Waals surface area contributed by atoms with E-state index in [2.05, 4.69) is 20.4 Å². The topological polar surface area (TPSA) is 70.5 Å². The van der Waals surface area contributed by atoms with Gasteiger partial charge in [0, 0.05) is 13.1 Å². The van der Waals surface area contributed by atoms with Gasteiger partial charge in [-0.3, -0.25) is 0 Å². The van der Waals surface area contributed by atoms with Crippen LogP contribution in [0.15, 0.2) is 0 Å². The van der Waals surface area contributed by atoms with Crippen molar-refractivity contribution in [3.63, 3.8) is 0 Å². The SMILES string of the molecule is CCOc1nnc(CNCC2CCN(C[C@@H](C)O)CC2)s1. The Bertz CT molecular complexity index is 405. The van der Waals surface area contributed by atoms with Crippen molar-refractivity contribution in [3.05, 3.63) is 5.01 Å². The molecule has 0 aromatic carbocycles. The number of aliphatic hydroxyl groups excluding tert-OH is 1. The Hall–Kier alpha value is -0.760. The lowest BCUT2D eigenvalue weighted by Gasteiger charge is -2.32. The zero-order valence-electron chi connectivity index (χ0n) is 12.9. The average Bonchev–Trinajstić information content (AvgIpc) is 2.88. The molecular weight excluding hydrogens is 288 g/mol. The second-order valence-electron chi connectivity index (χ2n) is 5.62. The van der Waals surface area contributed by atoms with Crippen LogP contribution in [0.3, 0.4) is 0 Å². The van der Waals surface area contributed by atoms with Crippen molar-refractivity contribution in [1.29, 1.82) is 0 Å². The molecule has 1 aromatic rings. The average molecular weight is 314 g/mol. The zero-order valence-corrected chi connectivity index (χ0v) is 13.7. The molecule has 1 saturated heterocycles. The molecule has 2 heterocycles. The normalized spacial score (nSPS) is 18.8. The summed E-state index contributed by atoms with van der Waals surface area (Å²) in [6.07, 6.45) is 2.16. The molecule has 0 bridgehead atoms. The van der Waals surface area contributed by atoms with Crippen LogP contribution in [-0.4, -0.2) is 59.1 Å². The third-order valence-electron chi connectivity index (χ3n) is 3.65. The lowest BCUT2D eigenvalue weighted by molar-refractivity contribution is 0.0998. The van der Waals surface area contributed by atoms with Gasteiger partial charge in [-0.15, -0.1) is 10.2 Å². The molecule has 7 heteroatoms. The van der Waals surface area contributed by atoms with Gasteiger partial charge in [0.25, 0.3) is 5.19 Å². The highest BCUT2D eigenvalue weighted by Gasteiger charge is 2.19. The maximum atomic E-state index is 9.40. The van der Waals surface area contributed by atoms with Gasteiger partial charge in [-0.1, -0.05) is 11.3 Å². The molecule has 1 aliphatic rings. The first-order chi connectivity index (χ1) is 10.2. The Labute approximate surface area is 130 Å². The van der Waals surface area contributed by atoms with Gasteiger partial charge in [0.05, 0.1) is 12.7 Å². The number of nitrogens with zero attached hydrogens (tertiary/aromatic N) is 3. The molecule has 2 rings (SSSR count). The minimum absolute atomic E-state index is 0.225. The highest BCUT2D eigenvalue weighted by molar-refractivity contribution is 7.13. The van der Waals surface area contributed by atoms with Crippen LogP contribution in [-0.2, 0) is 6.54 Å². The van der Waals surface area contributed by atoms with E-state index in [1.54, 1.807) is 0 Å². The lowest BCUT2D eigenvalue weighted by atomic mass is 9.96.